The minimum atomic E-state index is -0.157. The van der Waals surface area contributed by atoms with E-state index in [4.69, 9.17) is 23.2 Å². The molecule has 2 N–H and O–H groups in total. The van der Waals surface area contributed by atoms with Crippen LogP contribution in [0.3, 0.4) is 0 Å². The maximum absolute atomic E-state index is 12.2. The van der Waals surface area contributed by atoms with Crippen LogP contribution in [0.25, 0.3) is 0 Å². The van der Waals surface area contributed by atoms with Gasteiger partial charge >= 0.3 is 6.03 Å². The van der Waals surface area contributed by atoms with E-state index < -0.39 is 0 Å². The summed E-state index contributed by atoms with van der Waals surface area (Å²) in [6, 6.07) is 15.9. The number of nitrogens with one attached hydrogen (secondary N) is 2. The third kappa shape index (κ3) is 6.79. The molecule has 0 saturated carbocycles. The van der Waals surface area contributed by atoms with Gasteiger partial charge in [0.2, 0.25) is 0 Å². The topological polar surface area (TPSA) is 41.1 Å². The Morgan fingerprint density at radius 1 is 1.11 bits per heavy atom. The smallest absolute Gasteiger partial charge is 0.315 e. The number of hydrogen-bond acceptors (Lipinski definition) is 1. The van der Waals surface area contributed by atoms with Crippen molar-refractivity contribution in [3.05, 3.63) is 69.7 Å². The second-order valence-electron chi connectivity index (χ2n) is 7.55. The largest absolute Gasteiger partial charge is 1.00 e. The first-order valence-corrected chi connectivity index (χ1v) is 10.0. The highest BCUT2D eigenvalue weighted by atomic mass is 127. The lowest BCUT2D eigenvalue weighted by molar-refractivity contribution is -0.927. The van der Waals surface area contributed by atoms with Gasteiger partial charge in [0.15, 0.2) is 0 Å². The Hall–Kier alpha value is -1.02. The molecule has 1 aliphatic rings. The molecule has 4 nitrogen and oxygen atoms in total. The molecule has 0 atom stereocenters. The summed E-state index contributed by atoms with van der Waals surface area (Å²) in [6.45, 7) is 3.51. The van der Waals surface area contributed by atoms with Crippen LogP contribution in [-0.4, -0.2) is 36.7 Å². The monoisotopic (exact) mass is 533 g/mol. The average Bonchev–Trinajstić information content (AvgIpc) is 2.65. The van der Waals surface area contributed by atoms with E-state index >= 15 is 0 Å². The molecule has 0 bridgehead atoms. The molecule has 2 amide bonds. The summed E-state index contributed by atoms with van der Waals surface area (Å²) in [4.78, 5) is 12.2. The molecule has 0 spiro atoms. The first-order chi connectivity index (χ1) is 12.9. The van der Waals surface area contributed by atoms with Gasteiger partial charge in [0.05, 0.1) is 20.1 Å². The van der Waals surface area contributed by atoms with Gasteiger partial charge in [0, 0.05) is 41.0 Å². The van der Waals surface area contributed by atoms with Crippen molar-refractivity contribution in [3.8, 4) is 0 Å². The molecule has 2 aromatic carbocycles. The van der Waals surface area contributed by atoms with Gasteiger partial charge in [-0.05, 0) is 23.8 Å². The fraction of sp³-hybridized carbons (Fsp3) is 0.381. The summed E-state index contributed by atoms with van der Waals surface area (Å²) in [5, 5.41) is 7.18. The van der Waals surface area contributed by atoms with Crippen LogP contribution in [-0.2, 0) is 13.1 Å². The summed E-state index contributed by atoms with van der Waals surface area (Å²) in [7, 11) is 2.30. The van der Waals surface area contributed by atoms with Crippen LogP contribution in [0, 0.1) is 0 Å². The average molecular weight is 534 g/mol. The van der Waals surface area contributed by atoms with Gasteiger partial charge in [0.1, 0.15) is 6.54 Å². The number of halogens is 3. The van der Waals surface area contributed by atoms with Gasteiger partial charge in [0.25, 0.3) is 0 Å². The normalized spacial score (nSPS) is 21.5. The maximum Gasteiger partial charge on any atom is 0.315 e. The van der Waals surface area contributed by atoms with E-state index in [-0.39, 0.29) is 36.0 Å². The number of urea groups is 1. The number of rotatable bonds is 5. The summed E-state index contributed by atoms with van der Waals surface area (Å²) in [5.41, 5.74) is 2.18. The highest BCUT2D eigenvalue weighted by Crippen LogP contribution is 2.22. The van der Waals surface area contributed by atoms with E-state index in [0.717, 1.165) is 42.5 Å². The van der Waals surface area contributed by atoms with E-state index in [2.05, 4.69) is 48.0 Å². The Morgan fingerprint density at radius 2 is 1.79 bits per heavy atom. The van der Waals surface area contributed by atoms with Crippen molar-refractivity contribution in [3.63, 3.8) is 0 Å². The predicted molar refractivity (Wildman–Crippen MR) is 111 cm³/mol. The second-order valence-corrected chi connectivity index (χ2v) is 8.39. The van der Waals surface area contributed by atoms with Crippen LogP contribution in [0.2, 0.25) is 10.0 Å². The molecule has 0 aromatic heterocycles. The summed E-state index contributed by atoms with van der Waals surface area (Å²) in [6.07, 6.45) is 1.96. The Balaban J connectivity index is 0.00000280. The standard InChI is InChI=1S/C21H25Cl2N3O.HI/c1-26(15-16-5-3-2-4-6-16)11-9-19(10-12-26)25-21(27)24-14-17-13-18(22)7-8-20(17)23;/h2-8,13,19H,9-12,14-15H2,1H3,(H-,24,25,27);1H. The zero-order valence-electron chi connectivity index (χ0n) is 15.9. The Bertz CT molecular complexity index is 780. The van der Waals surface area contributed by atoms with E-state index in [1.807, 2.05) is 0 Å². The van der Waals surface area contributed by atoms with Crippen molar-refractivity contribution in [2.24, 2.45) is 0 Å². The van der Waals surface area contributed by atoms with Crippen LogP contribution in [0.15, 0.2) is 48.5 Å². The van der Waals surface area contributed by atoms with Crippen LogP contribution >= 0.6 is 23.2 Å². The molecular formula is C21H26Cl2IN3O. The van der Waals surface area contributed by atoms with Gasteiger partial charge in [-0.2, -0.15) is 0 Å². The summed E-state index contributed by atoms with van der Waals surface area (Å²) in [5.74, 6) is 0. The van der Waals surface area contributed by atoms with Gasteiger partial charge < -0.3 is 39.1 Å². The molecule has 0 radical (unpaired) electrons. The summed E-state index contributed by atoms with van der Waals surface area (Å²) < 4.78 is 1.02. The van der Waals surface area contributed by atoms with Crippen molar-refractivity contribution in [1.82, 2.24) is 10.6 Å². The number of carbonyl (C=O) groups excluding carboxylic acids is 1. The number of benzene rings is 2. The molecule has 0 unspecified atom stereocenters. The van der Waals surface area contributed by atoms with Crippen molar-refractivity contribution < 1.29 is 33.3 Å². The van der Waals surface area contributed by atoms with Gasteiger partial charge in [-0.25, -0.2) is 4.79 Å². The highest BCUT2D eigenvalue weighted by Gasteiger charge is 2.30. The first-order valence-electron chi connectivity index (χ1n) is 9.29. The van der Waals surface area contributed by atoms with Crippen LogP contribution in [0.5, 0.6) is 0 Å². The molecule has 28 heavy (non-hydrogen) atoms. The van der Waals surface area contributed by atoms with Crippen molar-refractivity contribution in [2.45, 2.75) is 32.0 Å². The molecule has 2 aromatic rings. The minimum Gasteiger partial charge on any atom is -1.00 e. The van der Waals surface area contributed by atoms with Gasteiger partial charge in [-0.3, -0.25) is 0 Å². The van der Waals surface area contributed by atoms with E-state index in [1.165, 1.54) is 5.56 Å². The number of piperidine rings is 1. The van der Waals surface area contributed by atoms with Crippen LogP contribution in [0.4, 0.5) is 4.79 Å². The maximum atomic E-state index is 12.2. The van der Waals surface area contributed by atoms with Gasteiger partial charge in [-0.1, -0.05) is 53.5 Å². The fourth-order valence-electron chi connectivity index (χ4n) is 3.61. The molecule has 3 rings (SSSR count). The van der Waals surface area contributed by atoms with E-state index in [9.17, 15) is 4.79 Å². The van der Waals surface area contributed by atoms with Crippen LogP contribution < -0.4 is 34.6 Å². The molecular weight excluding hydrogens is 508 g/mol. The first kappa shape index (κ1) is 23.3. The SMILES string of the molecule is C[N+]1(Cc2ccccc2)CCC(NC(=O)NCc2cc(Cl)ccc2Cl)CC1.[I-]. The van der Waals surface area contributed by atoms with E-state index in [0.29, 0.717) is 16.6 Å². The number of likely N-dealkylation sites (tertiary alicyclic amines) is 1. The van der Waals surface area contributed by atoms with Crippen molar-refractivity contribution in [2.75, 3.05) is 20.1 Å². The molecule has 7 heteroatoms. The highest BCUT2D eigenvalue weighted by molar-refractivity contribution is 6.33. The number of amides is 2. The van der Waals surface area contributed by atoms with Gasteiger partial charge in [-0.15, -0.1) is 0 Å². The lowest BCUT2D eigenvalue weighted by Crippen LogP contribution is -3.00. The third-order valence-corrected chi connectivity index (χ3v) is 5.83. The molecule has 1 heterocycles. The van der Waals surface area contributed by atoms with Crippen molar-refractivity contribution >= 4 is 29.2 Å². The quantitative estimate of drug-likeness (QED) is 0.445. The minimum absolute atomic E-state index is 0. The molecule has 152 valence electrons. The molecule has 0 aliphatic carbocycles. The lowest BCUT2D eigenvalue weighted by Gasteiger charge is -2.40. The van der Waals surface area contributed by atoms with E-state index in [1.54, 1.807) is 18.2 Å². The Kier molecular flexibility index (Phi) is 8.86. The van der Waals surface area contributed by atoms with Crippen LogP contribution in [0.1, 0.15) is 24.0 Å². The molecule has 1 fully saturated rings. The Labute approximate surface area is 194 Å². The zero-order valence-corrected chi connectivity index (χ0v) is 19.6. The molecule has 1 saturated heterocycles. The predicted octanol–water partition coefficient (Wildman–Crippen LogP) is 1.61. The fourth-order valence-corrected chi connectivity index (χ4v) is 3.99. The number of carbonyl (C=O) groups is 1. The second kappa shape index (κ2) is 10.7. The van der Waals surface area contributed by atoms with Crippen molar-refractivity contribution in [1.29, 1.82) is 0 Å². The lowest BCUT2D eigenvalue weighted by atomic mass is 10.0. The zero-order chi connectivity index (χ0) is 19.3. The molecule has 1 aliphatic heterocycles. The number of quaternary nitrogens is 1. The third-order valence-electron chi connectivity index (χ3n) is 5.22. The summed E-state index contributed by atoms with van der Waals surface area (Å²) >= 11 is 12.1. The Morgan fingerprint density at radius 3 is 2.46 bits per heavy atom. The number of nitrogens with zero attached hydrogens (tertiary/aromatic N) is 1. The number of hydrogen-bond donors (Lipinski definition) is 2.